The van der Waals surface area contributed by atoms with Crippen molar-refractivity contribution >= 4 is 6.09 Å². The first kappa shape index (κ1) is 14.2. The number of methoxy groups -OCH3 is 1. The Bertz CT molecular complexity index is 199. The fourth-order valence-corrected chi connectivity index (χ4v) is 0.963. The van der Waals surface area contributed by atoms with Gasteiger partial charge in [0, 0.05) is 13.2 Å². The minimum atomic E-state index is -0.500. The van der Waals surface area contributed by atoms with Crippen LogP contribution in [0.1, 0.15) is 27.7 Å². The quantitative estimate of drug-likeness (QED) is 0.734. The molecule has 0 aliphatic carbocycles. The average molecular weight is 218 g/mol. The van der Waals surface area contributed by atoms with Crippen LogP contribution < -0.4 is 11.1 Å². The van der Waals surface area contributed by atoms with Gasteiger partial charge in [0.25, 0.3) is 0 Å². The van der Waals surface area contributed by atoms with Crippen molar-refractivity contribution in [2.75, 3.05) is 13.7 Å². The van der Waals surface area contributed by atoms with Gasteiger partial charge < -0.3 is 20.5 Å². The second-order valence-corrected chi connectivity index (χ2v) is 4.57. The van der Waals surface area contributed by atoms with Crippen LogP contribution >= 0.6 is 0 Å². The molecule has 0 aromatic rings. The van der Waals surface area contributed by atoms with Crippen LogP contribution in [0.4, 0.5) is 4.79 Å². The number of ether oxygens (including phenoxy) is 2. The summed E-state index contributed by atoms with van der Waals surface area (Å²) in [5, 5.41) is 2.66. The first-order chi connectivity index (χ1) is 6.76. The van der Waals surface area contributed by atoms with Gasteiger partial charge in [-0.05, 0) is 27.7 Å². The van der Waals surface area contributed by atoms with Crippen LogP contribution in [0, 0.1) is 0 Å². The van der Waals surface area contributed by atoms with Crippen LogP contribution in [0.25, 0.3) is 0 Å². The molecular weight excluding hydrogens is 196 g/mol. The molecule has 15 heavy (non-hydrogen) atoms. The molecule has 0 saturated carbocycles. The highest BCUT2D eigenvalue weighted by atomic mass is 16.6. The molecule has 0 aromatic carbocycles. The molecule has 0 heterocycles. The Balaban J connectivity index is 4.11. The van der Waals surface area contributed by atoms with Gasteiger partial charge in [0.1, 0.15) is 5.60 Å². The van der Waals surface area contributed by atoms with Crippen molar-refractivity contribution in [2.45, 2.75) is 45.4 Å². The van der Waals surface area contributed by atoms with E-state index in [2.05, 4.69) is 5.32 Å². The highest BCUT2D eigenvalue weighted by Gasteiger charge is 2.21. The van der Waals surface area contributed by atoms with E-state index in [-0.39, 0.29) is 12.1 Å². The zero-order chi connectivity index (χ0) is 12.1. The summed E-state index contributed by atoms with van der Waals surface area (Å²) in [5.41, 5.74) is 5.18. The highest BCUT2D eigenvalue weighted by molar-refractivity contribution is 5.68. The van der Waals surface area contributed by atoms with Crippen LogP contribution in [0.15, 0.2) is 0 Å². The topological polar surface area (TPSA) is 73.6 Å². The minimum Gasteiger partial charge on any atom is -0.444 e. The number of amides is 1. The Morgan fingerprint density at radius 1 is 1.47 bits per heavy atom. The van der Waals surface area contributed by atoms with Gasteiger partial charge in [0.05, 0.1) is 12.6 Å². The number of carbonyl (C=O) groups is 1. The number of alkyl carbamates (subject to hydrolysis) is 1. The van der Waals surface area contributed by atoms with E-state index < -0.39 is 11.7 Å². The van der Waals surface area contributed by atoms with Crippen molar-refractivity contribution in [3.63, 3.8) is 0 Å². The average Bonchev–Trinajstić information content (AvgIpc) is 1.99. The van der Waals surface area contributed by atoms with Gasteiger partial charge in [0.15, 0.2) is 0 Å². The molecular formula is C10H22N2O3. The molecule has 3 N–H and O–H groups in total. The van der Waals surface area contributed by atoms with E-state index in [0.717, 1.165) is 0 Å². The summed E-state index contributed by atoms with van der Waals surface area (Å²) in [7, 11) is 1.56. The van der Waals surface area contributed by atoms with Crippen LogP contribution in [0.5, 0.6) is 0 Å². The number of hydrogen-bond acceptors (Lipinski definition) is 4. The van der Waals surface area contributed by atoms with Crippen LogP contribution in [-0.4, -0.2) is 37.5 Å². The smallest absolute Gasteiger partial charge is 0.408 e. The molecule has 1 amide bonds. The predicted octanol–water partition coefficient (Wildman–Crippen LogP) is 0.873. The number of nitrogens with two attached hydrogens (primary N) is 1. The van der Waals surface area contributed by atoms with Gasteiger partial charge in [-0.15, -0.1) is 0 Å². The summed E-state index contributed by atoms with van der Waals surface area (Å²) >= 11 is 0. The molecule has 90 valence electrons. The maximum Gasteiger partial charge on any atom is 0.408 e. The fourth-order valence-electron chi connectivity index (χ4n) is 0.963. The molecule has 0 saturated heterocycles. The normalized spacial score (nSPS) is 15.6. The summed E-state index contributed by atoms with van der Waals surface area (Å²) in [4.78, 5) is 11.4. The van der Waals surface area contributed by atoms with Gasteiger partial charge in [-0.25, -0.2) is 4.79 Å². The van der Waals surface area contributed by atoms with Crippen molar-refractivity contribution in [1.29, 1.82) is 0 Å². The number of rotatable bonds is 4. The Morgan fingerprint density at radius 2 is 2.00 bits per heavy atom. The van der Waals surface area contributed by atoms with Crippen molar-refractivity contribution in [1.82, 2.24) is 5.32 Å². The molecule has 0 aromatic heterocycles. The van der Waals surface area contributed by atoms with Gasteiger partial charge in [-0.2, -0.15) is 0 Å². The molecule has 5 heteroatoms. The largest absolute Gasteiger partial charge is 0.444 e. The lowest BCUT2D eigenvalue weighted by atomic mass is 10.1. The maximum atomic E-state index is 11.4. The Kier molecular flexibility index (Phi) is 5.60. The summed E-state index contributed by atoms with van der Waals surface area (Å²) in [5.74, 6) is 0. The van der Waals surface area contributed by atoms with E-state index >= 15 is 0 Å². The lowest BCUT2D eigenvalue weighted by molar-refractivity contribution is 0.0458. The Labute approximate surface area is 91.3 Å². The molecule has 0 rings (SSSR count). The third kappa shape index (κ3) is 7.16. The van der Waals surface area contributed by atoms with Crippen molar-refractivity contribution in [3.8, 4) is 0 Å². The molecule has 0 unspecified atom stereocenters. The van der Waals surface area contributed by atoms with Crippen molar-refractivity contribution in [2.24, 2.45) is 5.73 Å². The van der Waals surface area contributed by atoms with E-state index in [1.165, 1.54) is 0 Å². The van der Waals surface area contributed by atoms with Crippen LogP contribution in [-0.2, 0) is 9.47 Å². The van der Waals surface area contributed by atoms with E-state index in [1.807, 2.05) is 20.8 Å². The van der Waals surface area contributed by atoms with Gasteiger partial charge in [-0.1, -0.05) is 0 Å². The molecule has 0 aliphatic rings. The van der Waals surface area contributed by atoms with E-state index in [1.54, 1.807) is 14.0 Å². The van der Waals surface area contributed by atoms with Crippen molar-refractivity contribution < 1.29 is 14.3 Å². The second kappa shape index (κ2) is 5.92. The summed E-state index contributed by atoms with van der Waals surface area (Å²) in [6.45, 7) is 7.61. The Hall–Kier alpha value is -0.810. The van der Waals surface area contributed by atoms with Gasteiger partial charge >= 0.3 is 6.09 Å². The van der Waals surface area contributed by atoms with E-state index in [0.29, 0.717) is 6.61 Å². The molecule has 5 nitrogen and oxygen atoms in total. The fraction of sp³-hybridized carbons (Fsp3) is 0.900. The van der Waals surface area contributed by atoms with E-state index in [4.69, 9.17) is 15.2 Å². The number of hydrogen-bond donors (Lipinski definition) is 2. The molecule has 0 fully saturated rings. The third-order valence-electron chi connectivity index (χ3n) is 1.68. The minimum absolute atomic E-state index is 0.183. The molecule has 2 atom stereocenters. The molecule has 0 spiro atoms. The summed E-state index contributed by atoms with van der Waals surface area (Å²) in [6, 6.07) is -0.415. The molecule has 0 bridgehead atoms. The lowest BCUT2D eigenvalue weighted by Gasteiger charge is -2.25. The first-order valence-electron chi connectivity index (χ1n) is 5.00. The SMILES string of the molecule is COC[C@H](NC(=O)OC(C)(C)C)[C@@H](C)N. The molecule has 0 radical (unpaired) electrons. The number of nitrogens with one attached hydrogen (secondary N) is 1. The summed E-state index contributed by atoms with van der Waals surface area (Å²) < 4.78 is 10.0. The van der Waals surface area contributed by atoms with Gasteiger partial charge in [0.2, 0.25) is 0 Å². The Morgan fingerprint density at radius 3 is 2.33 bits per heavy atom. The van der Waals surface area contributed by atoms with Crippen molar-refractivity contribution in [3.05, 3.63) is 0 Å². The first-order valence-corrected chi connectivity index (χ1v) is 5.00. The van der Waals surface area contributed by atoms with Crippen LogP contribution in [0.3, 0.4) is 0 Å². The van der Waals surface area contributed by atoms with Gasteiger partial charge in [-0.3, -0.25) is 0 Å². The van der Waals surface area contributed by atoms with E-state index in [9.17, 15) is 4.79 Å². The third-order valence-corrected chi connectivity index (χ3v) is 1.68. The second-order valence-electron chi connectivity index (χ2n) is 4.57. The molecule has 0 aliphatic heterocycles. The highest BCUT2D eigenvalue weighted by Crippen LogP contribution is 2.07. The maximum absolute atomic E-state index is 11.4. The predicted molar refractivity (Wildman–Crippen MR) is 58.7 cm³/mol. The van der Waals surface area contributed by atoms with Crippen LogP contribution in [0.2, 0.25) is 0 Å². The standard InChI is InChI=1S/C10H22N2O3/c1-7(11)8(6-14-5)12-9(13)15-10(2,3)4/h7-8H,6,11H2,1-5H3,(H,12,13)/t7-,8+/m1/s1. The lowest BCUT2D eigenvalue weighted by Crippen LogP contribution is -2.50. The zero-order valence-corrected chi connectivity index (χ0v) is 10.2. The zero-order valence-electron chi connectivity index (χ0n) is 10.2. The summed E-state index contributed by atoms with van der Waals surface area (Å²) in [6.07, 6.45) is -0.471. The monoisotopic (exact) mass is 218 g/mol. The number of carbonyl (C=O) groups excluding carboxylic acids is 1.